The van der Waals surface area contributed by atoms with Crippen LogP contribution in [0.4, 0.5) is 5.69 Å². The summed E-state index contributed by atoms with van der Waals surface area (Å²) in [6.45, 7) is 4.13. The van der Waals surface area contributed by atoms with Crippen molar-refractivity contribution in [3.05, 3.63) is 65.7 Å². The van der Waals surface area contributed by atoms with E-state index in [1.165, 1.54) is 12.0 Å². The molecule has 3 N–H and O–H groups in total. The van der Waals surface area contributed by atoms with Gasteiger partial charge >= 0.3 is 11.9 Å². The molecule has 37 heavy (non-hydrogen) atoms. The molecule has 1 saturated heterocycles. The summed E-state index contributed by atoms with van der Waals surface area (Å²) in [6.07, 6.45) is 5.45. The van der Waals surface area contributed by atoms with Crippen molar-refractivity contribution < 1.29 is 29.3 Å². The number of ether oxygens (including phenoxy) is 1. The van der Waals surface area contributed by atoms with Crippen molar-refractivity contribution in [2.24, 2.45) is 0 Å². The smallest absolute Gasteiger partial charge is 0.328 e. The van der Waals surface area contributed by atoms with E-state index < -0.39 is 11.9 Å². The minimum absolute atomic E-state index is 0.0426. The van der Waals surface area contributed by atoms with E-state index in [1.54, 1.807) is 11.8 Å². The molecule has 9 nitrogen and oxygen atoms in total. The standard InChI is InChI=1S/C23H29N3O2S.C4H4O4/c1-25-11-12-28-22-20(13-19(29-2)14-21(22)25)23(27)24-15-18-9-6-10-26(18)16-17-7-4-3-5-8-17;5-3(6)1-2-4(7)8/h3-5,7-8,13-14,18H,6,9-12,15-16H2,1-2H3,(H,24,27);1-2H,(H,5,6)(H,7,8)/t18-;/m0./s1. The number of aliphatic carboxylic acids is 2. The minimum Gasteiger partial charge on any atom is -0.489 e. The second-order valence-electron chi connectivity index (χ2n) is 8.77. The molecule has 0 spiro atoms. The fraction of sp³-hybridized carbons (Fsp3) is 0.370. The van der Waals surface area contributed by atoms with Gasteiger partial charge in [0.2, 0.25) is 0 Å². The van der Waals surface area contributed by atoms with Gasteiger partial charge in [-0.1, -0.05) is 30.3 Å². The Morgan fingerprint density at radius 1 is 1.11 bits per heavy atom. The van der Waals surface area contributed by atoms with Gasteiger partial charge in [-0.05, 0) is 43.3 Å². The third-order valence-electron chi connectivity index (χ3n) is 6.20. The Morgan fingerprint density at radius 3 is 2.46 bits per heavy atom. The van der Waals surface area contributed by atoms with Gasteiger partial charge in [0.25, 0.3) is 5.91 Å². The molecule has 2 aliphatic heterocycles. The van der Waals surface area contributed by atoms with Gasteiger partial charge in [-0.3, -0.25) is 9.69 Å². The number of nitrogens with zero attached hydrogens (tertiary/aromatic N) is 2. The Balaban J connectivity index is 0.000000414. The van der Waals surface area contributed by atoms with Crippen LogP contribution >= 0.6 is 11.8 Å². The maximum atomic E-state index is 13.1. The van der Waals surface area contributed by atoms with Crippen LogP contribution in [0.1, 0.15) is 28.8 Å². The summed E-state index contributed by atoms with van der Waals surface area (Å²) in [7, 11) is 2.05. The van der Waals surface area contributed by atoms with E-state index in [0.717, 1.165) is 36.6 Å². The van der Waals surface area contributed by atoms with E-state index >= 15 is 0 Å². The van der Waals surface area contributed by atoms with Crippen LogP contribution in [0.5, 0.6) is 5.75 Å². The molecular weight excluding hydrogens is 494 g/mol. The van der Waals surface area contributed by atoms with Crippen molar-refractivity contribution in [2.45, 2.75) is 30.3 Å². The lowest BCUT2D eigenvalue weighted by Gasteiger charge is -2.30. The van der Waals surface area contributed by atoms with Gasteiger partial charge in [-0.15, -0.1) is 11.8 Å². The monoisotopic (exact) mass is 527 g/mol. The number of anilines is 1. The number of carbonyl (C=O) groups excluding carboxylic acids is 1. The van der Waals surface area contributed by atoms with Crippen LogP contribution in [0, 0.1) is 0 Å². The van der Waals surface area contributed by atoms with Crippen molar-refractivity contribution in [2.75, 3.05) is 44.4 Å². The molecule has 0 unspecified atom stereocenters. The molecule has 1 fully saturated rings. The van der Waals surface area contributed by atoms with Gasteiger partial charge < -0.3 is 25.2 Å². The fourth-order valence-corrected chi connectivity index (χ4v) is 4.78. The van der Waals surface area contributed by atoms with Crippen LogP contribution in [0.25, 0.3) is 0 Å². The Bertz CT molecular complexity index is 1110. The van der Waals surface area contributed by atoms with Crippen LogP contribution in [0.2, 0.25) is 0 Å². The molecule has 0 saturated carbocycles. The molecule has 2 aliphatic rings. The molecule has 1 atom stereocenters. The lowest BCUT2D eigenvalue weighted by molar-refractivity contribution is -0.134. The zero-order chi connectivity index (χ0) is 26.8. The van der Waals surface area contributed by atoms with Crippen molar-refractivity contribution in [3.63, 3.8) is 0 Å². The molecule has 0 bridgehead atoms. The average Bonchev–Trinajstić information content (AvgIpc) is 3.33. The first-order chi connectivity index (χ1) is 17.8. The van der Waals surface area contributed by atoms with Crippen LogP contribution < -0.4 is 15.0 Å². The zero-order valence-electron chi connectivity index (χ0n) is 21.1. The van der Waals surface area contributed by atoms with Gasteiger partial charge in [0.05, 0.1) is 17.8 Å². The quantitative estimate of drug-likeness (QED) is 0.351. The predicted molar refractivity (Wildman–Crippen MR) is 144 cm³/mol. The molecule has 0 aromatic heterocycles. The molecular formula is C27H33N3O6S. The van der Waals surface area contributed by atoms with Crippen LogP contribution in [0.15, 0.2) is 59.5 Å². The molecule has 0 radical (unpaired) electrons. The van der Waals surface area contributed by atoms with Crippen molar-refractivity contribution in [1.82, 2.24) is 10.2 Å². The van der Waals surface area contributed by atoms with Crippen LogP contribution in [-0.4, -0.2) is 78.5 Å². The van der Waals surface area contributed by atoms with Gasteiger partial charge in [0.15, 0.2) is 5.75 Å². The van der Waals surface area contributed by atoms with Gasteiger partial charge in [0.1, 0.15) is 6.61 Å². The van der Waals surface area contributed by atoms with Gasteiger partial charge in [-0.2, -0.15) is 0 Å². The Labute approximate surface area is 221 Å². The highest BCUT2D eigenvalue weighted by Crippen LogP contribution is 2.38. The molecule has 2 aromatic rings. The van der Waals surface area contributed by atoms with Crippen LogP contribution in [-0.2, 0) is 16.1 Å². The topological polar surface area (TPSA) is 119 Å². The van der Waals surface area contributed by atoms with Gasteiger partial charge in [-0.25, -0.2) is 9.59 Å². The molecule has 2 aromatic carbocycles. The lowest BCUT2D eigenvalue weighted by atomic mass is 10.1. The predicted octanol–water partition coefficient (Wildman–Crippen LogP) is 3.34. The highest BCUT2D eigenvalue weighted by Gasteiger charge is 2.27. The highest BCUT2D eigenvalue weighted by atomic mass is 32.2. The second kappa shape index (κ2) is 13.7. The summed E-state index contributed by atoms with van der Waals surface area (Å²) in [6, 6.07) is 15.0. The maximum Gasteiger partial charge on any atom is 0.328 e. The van der Waals surface area contributed by atoms with Gasteiger partial charge in [0, 0.05) is 43.2 Å². The largest absolute Gasteiger partial charge is 0.489 e. The number of benzene rings is 2. The van der Waals surface area contributed by atoms with Crippen molar-refractivity contribution >= 4 is 35.3 Å². The number of nitrogens with one attached hydrogen (secondary N) is 1. The first kappa shape index (κ1) is 28.1. The number of hydrogen-bond acceptors (Lipinski definition) is 7. The first-order valence-electron chi connectivity index (χ1n) is 12.0. The number of carboxylic acids is 2. The third kappa shape index (κ3) is 8.26. The van der Waals surface area contributed by atoms with E-state index in [1.807, 2.05) is 25.4 Å². The van der Waals surface area contributed by atoms with Crippen LogP contribution in [0.3, 0.4) is 0 Å². The highest BCUT2D eigenvalue weighted by molar-refractivity contribution is 7.98. The normalized spacial score (nSPS) is 16.9. The minimum atomic E-state index is -1.26. The molecule has 198 valence electrons. The number of carbonyl (C=O) groups is 3. The molecule has 10 heteroatoms. The number of likely N-dealkylation sites (tertiary alicyclic amines) is 1. The van der Waals surface area contributed by atoms with E-state index in [-0.39, 0.29) is 5.91 Å². The summed E-state index contributed by atoms with van der Waals surface area (Å²) in [5, 5.41) is 18.8. The number of thioether (sulfide) groups is 1. The summed E-state index contributed by atoms with van der Waals surface area (Å²) in [4.78, 5) is 37.9. The molecule has 1 amide bonds. The lowest BCUT2D eigenvalue weighted by Crippen LogP contribution is -2.40. The Hall–Kier alpha value is -3.50. The maximum absolute atomic E-state index is 13.1. The van der Waals surface area contributed by atoms with Crippen molar-refractivity contribution in [3.8, 4) is 5.75 Å². The van der Waals surface area contributed by atoms with E-state index in [4.69, 9.17) is 14.9 Å². The summed E-state index contributed by atoms with van der Waals surface area (Å²) < 4.78 is 5.90. The second-order valence-corrected chi connectivity index (χ2v) is 9.64. The number of carboxylic acid groups (broad SMARTS) is 2. The van der Waals surface area contributed by atoms with Crippen molar-refractivity contribution in [1.29, 1.82) is 0 Å². The first-order valence-corrected chi connectivity index (χ1v) is 13.3. The summed E-state index contributed by atoms with van der Waals surface area (Å²) >= 11 is 1.65. The Kier molecular flexibility index (Phi) is 10.4. The molecule has 4 rings (SSSR count). The van der Waals surface area contributed by atoms with E-state index in [2.05, 4.69) is 45.4 Å². The Morgan fingerprint density at radius 2 is 1.81 bits per heavy atom. The fourth-order valence-electron chi connectivity index (χ4n) is 4.32. The zero-order valence-corrected chi connectivity index (χ0v) is 21.9. The summed E-state index contributed by atoms with van der Waals surface area (Å²) in [5.74, 6) is -1.85. The third-order valence-corrected chi connectivity index (χ3v) is 6.91. The molecule has 2 heterocycles. The SMILES string of the molecule is CSc1cc(C(=O)NC[C@@H]2CCCN2Cc2ccccc2)c2c(c1)N(C)CCO2.O=C(O)C=CC(=O)O. The number of fused-ring (bicyclic) bond motifs is 1. The number of amides is 1. The average molecular weight is 528 g/mol. The number of hydrogen-bond donors (Lipinski definition) is 3. The summed E-state index contributed by atoms with van der Waals surface area (Å²) in [5.41, 5.74) is 2.97. The number of rotatable bonds is 8. The molecule has 0 aliphatic carbocycles. The van der Waals surface area contributed by atoms with E-state index in [9.17, 15) is 14.4 Å². The number of likely N-dealkylation sites (N-methyl/N-ethyl adjacent to an activating group) is 1. The van der Waals surface area contributed by atoms with E-state index in [0.29, 0.717) is 42.7 Å².